The van der Waals surface area contributed by atoms with Crippen LogP contribution in [-0.4, -0.2) is 45.3 Å². The van der Waals surface area contributed by atoms with E-state index in [1.165, 1.54) is 45.7 Å². The predicted octanol–water partition coefficient (Wildman–Crippen LogP) is 5.60. The number of anilines is 1. The maximum absolute atomic E-state index is 13.1. The molecular weight excluding hydrogens is 562 g/mol. The molecule has 0 aliphatic carbocycles. The third-order valence-electron chi connectivity index (χ3n) is 5.92. The molecule has 0 radical (unpaired) electrons. The number of methoxy groups -OCH3 is 3. The largest absolute Gasteiger partial charge is 0.493 e. The van der Waals surface area contributed by atoms with E-state index in [0.29, 0.717) is 33.4 Å². The predicted molar refractivity (Wildman–Crippen MR) is 158 cm³/mol. The highest BCUT2D eigenvalue weighted by Crippen LogP contribution is 2.38. The molecule has 0 unspecified atom stereocenters. The maximum Gasteiger partial charge on any atom is 0.343 e. The Kier molecular flexibility index (Phi) is 9.75. The number of nitrogens with zero attached hydrogens (tertiary/aromatic N) is 1. The van der Waals surface area contributed by atoms with Crippen LogP contribution in [0.15, 0.2) is 90.0 Å². The number of nitrogens with one attached hydrogen (secondary N) is 2. The van der Waals surface area contributed by atoms with E-state index in [9.17, 15) is 14.4 Å². The van der Waals surface area contributed by atoms with Crippen LogP contribution in [0.4, 0.5) is 5.69 Å². The molecule has 0 bridgehead atoms. The van der Waals surface area contributed by atoms with Crippen LogP contribution in [0.1, 0.15) is 36.6 Å². The summed E-state index contributed by atoms with van der Waals surface area (Å²) in [4.78, 5) is 38.6. The number of hydrogen-bond acceptors (Lipinski definition) is 8. The van der Waals surface area contributed by atoms with E-state index in [4.69, 9.17) is 30.5 Å². The zero-order valence-corrected chi connectivity index (χ0v) is 23.6. The van der Waals surface area contributed by atoms with Crippen molar-refractivity contribution in [3.63, 3.8) is 0 Å². The molecule has 0 fully saturated rings. The standard InChI is InChI=1S/C31H26ClN3O7/c1-39-26-16-21(17-27(40-2)28(26)41-3)29(36)34-24-10-6-5-9-23(24)30(37)35-33-18-20-8-4-7-11-25(20)42-31(38)19-12-14-22(32)15-13-19/h4-18H,1-3H3,(H,34,36)(H,35,37)/b33-18-. The molecule has 0 aliphatic rings. The van der Waals surface area contributed by atoms with Gasteiger partial charge in [0.25, 0.3) is 11.8 Å². The summed E-state index contributed by atoms with van der Waals surface area (Å²) in [6.07, 6.45) is 1.35. The second kappa shape index (κ2) is 13.8. The van der Waals surface area contributed by atoms with Crippen molar-refractivity contribution in [2.24, 2.45) is 5.10 Å². The van der Waals surface area contributed by atoms with Crippen molar-refractivity contribution < 1.29 is 33.3 Å². The van der Waals surface area contributed by atoms with Crippen LogP contribution in [0.3, 0.4) is 0 Å². The number of halogens is 1. The van der Waals surface area contributed by atoms with Crippen molar-refractivity contribution in [3.05, 3.63) is 112 Å². The van der Waals surface area contributed by atoms with Crippen molar-refractivity contribution in [1.82, 2.24) is 5.43 Å². The fourth-order valence-corrected chi connectivity index (χ4v) is 3.97. The average Bonchev–Trinajstić information content (AvgIpc) is 3.01. The molecule has 0 atom stereocenters. The van der Waals surface area contributed by atoms with Crippen molar-refractivity contribution in [1.29, 1.82) is 0 Å². The Labute approximate surface area is 246 Å². The summed E-state index contributed by atoms with van der Waals surface area (Å²) >= 11 is 5.89. The van der Waals surface area contributed by atoms with Gasteiger partial charge < -0.3 is 24.3 Å². The zero-order chi connectivity index (χ0) is 30.1. The first-order valence-corrected chi connectivity index (χ1v) is 12.8. The van der Waals surface area contributed by atoms with Gasteiger partial charge >= 0.3 is 5.97 Å². The summed E-state index contributed by atoms with van der Waals surface area (Å²) < 4.78 is 21.5. The van der Waals surface area contributed by atoms with E-state index in [1.54, 1.807) is 66.7 Å². The van der Waals surface area contributed by atoms with Gasteiger partial charge in [0.15, 0.2) is 11.5 Å². The number of ether oxygens (including phenoxy) is 4. The number of amides is 2. The second-order valence-electron chi connectivity index (χ2n) is 8.55. The molecule has 4 rings (SSSR count). The number of carbonyl (C=O) groups is 3. The monoisotopic (exact) mass is 587 g/mol. The molecule has 0 aromatic heterocycles. The summed E-state index contributed by atoms with van der Waals surface area (Å²) in [5, 5.41) is 7.25. The van der Waals surface area contributed by atoms with Gasteiger partial charge in [-0.25, -0.2) is 10.2 Å². The highest BCUT2D eigenvalue weighted by Gasteiger charge is 2.19. The van der Waals surface area contributed by atoms with Crippen LogP contribution in [0.2, 0.25) is 5.02 Å². The van der Waals surface area contributed by atoms with Gasteiger partial charge in [0.05, 0.1) is 44.4 Å². The minimum Gasteiger partial charge on any atom is -0.493 e. The van der Waals surface area contributed by atoms with E-state index in [1.807, 2.05) is 0 Å². The van der Waals surface area contributed by atoms with Gasteiger partial charge in [0.1, 0.15) is 5.75 Å². The van der Waals surface area contributed by atoms with Crippen LogP contribution in [0.5, 0.6) is 23.0 Å². The smallest absolute Gasteiger partial charge is 0.343 e. The summed E-state index contributed by atoms with van der Waals surface area (Å²) in [5.41, 5.74) is 3.85. The van der Waals surface area contributed by atoms with Gasteiger partial charge in [0.2, 0.25) is 5.75 Å². The fraction of sp³-hybridized carbons (Fsp3) is 0.0968. The van der Waals surface area contributed by atoms with Crippen LogP contribution >= 0.6 is 11.6 Å². The van der Waals surface area contributed by atoms with Crippen LogP contribution in [0, 0.1) is 0 Å². The van der Waals surface area contributed by atoms with Crippen molar-refractivity contribution in [3.8, 4) is 23.0 Å². The number of hydrazone groups is 1. The summed E-state index contributed by atoms with van der Waals surface area (Å²) in [6.45, 7) is 0. The fourth-order valence-electron chi connectivity index (χ4n) is 3.84. The summed E-state index contributed by atoms with van der Waals surface area (Å²) in [6, 6.07) is 22.5. The number of hydrogen-bond donors (Lipinski definition) is 2. The number of rotatable bonds is 10. The lowest BCUT2D eigenvalue weighted by Gasteiger charge is -2.15. The molecule has 4 aromatic rings. The third-order valence-corrected chi connectivity index (χ3v) is 6.17. The minimum absolute atomic E-state index is 0.165. The Morgan fingerprint density at radius 3 is 2.05 bits per heavy atom. The Hall–Kier alpha value is -5.35. The molecular formula is C31H26ClN3O7. The molecule has 0 saturated carbocycles. The molecule has 42 heavy (non-hydrogen) atoms. The van der Waals surface area contributed by atoms with Crippen LogP contribution in [-0.2, 0) is 0 Å². The van der Waals surface area contributed by atoms with E-state index in [0.717, 1.165) is 0 Å². The Bertz CT molecular complexity index is 1610. The lowest BCUT2D eigenvalue weighted by molar-refractivity contribution is 0.0734. The van der Waals surface area contributed by atoms with Crippen LogP contribution in [0.25, 0.3) is 0 Å². The van der Waals surface area contributed by atoms with E-state index < -0.39 is 17.8 Å². The molecule has 10 nitrogen and oxygen atoms in total. The molecule has 0 saturated heterocycles. The average molecular weight is 588 g/mol. The highest BCUT2D eigenvalue weighted by atomic mass is 35.5. The van der Waals surface area contributed by atoms with Gasteiger partial charge in [-0.1, -0.05) is 35.9 Å². The van der Waals surface area contributed by atoms with Gasteiger partial charge in [-0.05, 0) is 60.7 Å². The maximum atomic E-state index is 13.1. The summed E-state index contributed by atoms with van der Waals surface area (Å²) in [7, 11) is 4.35. The Morgan fingerprint density at radius 1 is 0.738 bits per heavy atom. The number of benzene rings is 4. The number of para-hydroxylation sites is 2. The minimum atomic E-state index is -0.581. The topological polar surface area (TPSA) is 125 Å². The molecule has 2 N–H and O–H groups in total. The molecule has 214 valence electrons. The van der Waals surface area contributed by atoms with Crippen molar-refractivity contribution in [2.45, 2.75) is 0 Å². The molecule has 11 heteroatoms. The third kappa shape index (κ3) is 7.04. The van der Waals surface area contributed by atoms with E-state index in [2.05, 4.69) is 15.8 Å². The second-order valence-corrected chi connectivity index (χ2v) is 8.98. The highest BCUT2D eigenvalue weighted by molar-refractivity contribution is 6.30. The SMILES string of the molecule is COc1cc(C(=O)Nc2ccccc2C(=O)N/N=C\c2ccccc2OC(=O)c2ccc(Cl)cc2)cc(OC)c1OC. The lowest BCUT2D eigenvalue weighted by atomic mass is 10.1. The molecule has 0 heterocycles. The molecule has 0 aliphatic heterocycles. The molecule has 4 aromatic carbocycles. The Morgan fingerprint density at radius 2 is 1.38 bits per heavy atom. The summed E-state index contributed by atoms with van der Waals surface area (Å²) in [5.74, 6) is -0.461. The molecule has 2 amide bonds. The number of esters is 1. The normalized spacial score (nSPS) is 10.6. The van der Waals surface area contributed by atoms with Crippen LogP contribution < -0.4 is 29.7 Å². The van der Waals surface area contributed by atoms with Gasteiger partial charge in [-0.3, -0.25) is 9.59 Å². The van der Waals surface area contributed by atoms with E-state index in [-0.39, 0.29) is 22.6 Å². The van der Waals surface area contributed by atoms with Crippen molar-refractivity contribution >= 4 is 41.3 Å². The molecule has 0 spiro atoms. The van der Waals surface area contributed by atoms with Crippen molar-refractivity contribution in [2.75, 3.05) is 26.6 Å². The first-order valence-electron chi connectivity index (χ1n) is 12.4. The quantitative estimate of drug-likeness (QED) is 0.107. The number of carbonyl (C=O) groups excluding carboxylic acids is 3. The Balaban J connectivity index is 1.47. The first kappa shape index (κ1) is 29.6. The lowest BCUT2D eigenvalue weighted by Crippen LogP contribution is -2.21. The van der Waals surface area contributed by atoms with E-state index >= 15 is 0 Å². The zero-order valence-electron chi connectivity index (χ0n) is 22.8. The van der Waals surface area contributed by atoms with Gasteiger partial charge in [-0.2, -0.15) is 5.10 Å². The van der Waals surface area contributed by atoms with Gasteiger partial charge in [-0.15, -0.1) is 0 Å². The first-order chi connectivity index (χ1) is 20.3. The van der Waals surface area contributed by atoms with Gasteiger partial charge in [0, 0.05) is 16.1 Å².